The molecule has 2 rings (SSSR count). The largest absolute Gasteiger partial charge is 0.361 e. The molecular formula is C12H20N2O. The van der Waals surface area contributed by atoms with Crippen molar-refractivity contribution >= 4 is 0 Å². The number of nitrogens with zero attached hydrogens (tertiary/aromatic N) is 1. The number of hydrogen-bond acceptors (Lipinski definition) is 3. The Morgan fingerprint density at radius 3 is 2.53 bits per heavy atom. The van der Waals surface area contributed by atoms with Crippen molar-refractivity contribution in [1.29, 1.82) is 0 Å². The monoisotopic (exact) mass is 208 g/mol. The van der Waals surface area contributed by atoms with E-state index >= 15 is 0 Å². The summed E-state index contributed by atoms with van der Waals surface area (Å²) in [5, 5.41) is 3.98. The van der Waals surface area contributed by atoms with Crippen LogP contribution in [-0.2, 0) is 6.42 Å². The summed E-state index contributed by atoms with van der Waals surface area (Å²) in [6.45, 7) is 4.84. The SMILES string of the molecule is Cc1noc(C)c1CCC1(CCN)CC1. The fourth-order valence-corrected chi connectivity index (χ4v) is 2.36. The molecule has 1 fully saturated rings. The number of aromatic nitrogens is 1. The second-order valence-corrected chi connectivity index (χ2v) is 4.84. The van der Waals surface area contributed by atoms with E-state index in [-0.39, 0.29) is 0 Å². The van der Waals surface area contributed by atoms with E-state index in [0.717, 1.165) is 24.4 Å². The molecule has 1 heterocycles. The zero-order valence-corrected chi connectivity index (χ0v) is 9.68. The summed E-state index contributed by atoms with van der Waals surface area (Å²) in [5.41, 5.74) is 8.55. The summed E-state index contributed by atoms with van der Waals surface area (Å²) in [4.78, 5) is 0. The predicted octanol–water partition coefficient (Wildman–Crippen LogP) is 2.35. The fraction of sp³-hybridized carbons (Fsp3) is 0.750. The first-order valence-electron chi connectivity index (χ1n) is 5.79. The molecule has 0 aliphatic heterocycles. The van der Waals surface area contributed by atoms with E-state index in [1.165, 1.54) is 31.2 Å². The van der Waals surface area contributed by atoms with Crippen LogP contribution < -0.4 is 5.73 Å². The number of aryl methyl sites for hydroxylation is 2. The third-order valence-electron chi connectivity index (χ3n) is 3.72. The number of nitrogens with two attached hydrogens (primary N) is 1. The molecular weight excluding hydrogens is 188 g/mol. The lowest BCUT2D eigenvalue weighted by Gasteiger charge is -2.12. The van der Waals surface area contributed by atoms with Gasteiger partial charge < -0.3 is 10.3 Å². The Balaban J connectivity index is 1.93. The molecule has 0 bridgehead atoms. The Kier molecular flexibility index (Phi) is 2.83. The second-order valence-electron chi connectivity index (χ2n) is 4.84. The molecule has 0 unspecified atom stereocenters. The van der Waals surface area contributed by atoms with Gasteiger partial charge in [0.1, 0.15) is 5.76 Å². The van der Waals surface area contributed by atoms with Crippen molar-refractivity contribution in [2.24, 2.45) is 11.1 Å². The van der Waals surface area contributed by atoms with E-state index in [9.17, 15) is 0 Å². The highest BCUT2D eigenvalue weighted by Crippen LogP contribution is 2.52. The molecule has 1 aliphatic rings. The average Bonchev–Trinajstić information content (AvgIpc) is 2.89. The van der Waals surface area contributed by atoms with E-state index in [1.54, 1.807) is 0 Å². The van der Waals surface area contributed by atoms with Crippen molar-refractivity contribution in [3.63, 3.8) is 0 Å². The van der Waals surface area contributed by atoms with Crippen LogP contribution in [-0.4, -0.2) is 11.7 Å². The molecule has 0 radical (unpaired) electrons. The molecule has 15 heavy (non-hydrogen) atoms. The average molecular weight is 208 g/mol. The zero-order chi connectivity index (χ0) is 10.9. The molecule has 0 aromatic carbocycles. The normalized spacial score (nSPS) is 18.1. The third-order valence-corrected chi connectivity index (χ3v) is 3.72. The molecule has 2 N–H and O–H groups in total. The minimum Gasteiger partial charge on any atom is -0.361 e. The Morgan fingerprint density at radius 2 is 2.07 bits per heavy atom. The summed E-state index contributed by atoms with van der Waals surface area (Å²) < 4.78 is 5.17. The van der Waals surface area contributed by atoms with Crippen LogP contribution in [0.15, 0.2) is 4.52 Å². The van der Waals surface area contributed by atoms with Gasteiger partial charge in [-0.15, -0.1) is 0 Å². The second kappa shape index (κ2) is 3.97. The Morgan fingerprint density at radius 1 is 1.33 bits per heavy atom. The van der Waals surface area contributed by atoms with Gasteiger partial charge in [-0.05, 0) is 57.9 Å². The smallest absolute Gasteiger partial charge is 0.137 e. The molecule has 84 valence electrons. The van der Waals surface area contributed by atoms with Crippen LogP contribution in [0.3, 0.4) is 0 Å². The first-order chi connectivity index (χ1) is 7.17. The summed E-state index contributed by atoms with van der Waals surface area (Å²) in [6.07, 6.45) is 6.23. The fourth-order valence-electron chi connectivity index (χ4n) is 2.36. The van der Waals surface area contributed by atoms with Crippen molar-refractivity contribution in [1.82, 2.24) is 5.16 Å². The van der Waals surface area contributed by atoms with Crippen LogP contribution in [0.4, 0.5) is 0 Å². The van der Waals surface area contributed by atoms with Crippen molar-refractivity contribution in [3.05, 3.63) is 17.0 Å². The van der Waals surface area contributed by atoms with Crippen LogP contribution in [0.5, 0.6) is 0 Å². The summed E-state index contributed by atoms with van der Waals surface area (Å²) in [6, 6.07) is 0. The minimum absolute atomic E-state index is 0.560. The third kappa shape index (κ3) is 2.23. The Hall–Kier alpha value is -0.830. The quantitative estimate of drug-likeness (QED) is 0.808. The zero-order valence-electron chi connectivity index (χ0n) is 9.68. The van der Waals surface area contributed by atoms with Gasteiger partial charge in [-0.3, -0.25) is 0 Å². The molecule has 0 spiro atoms. The van der Waals surface area contributed by atoms with Gasteiger partial charge in [0.2, 0.25) is 0 Å². The summed E-state index contributed by atoms with van der Waals surface area (Å²) >= 11 is 0. The van der Waals surface area contributed by atoms with E-state index in [0.29, 0.717) is 5.41 Å². The highest BCUT2D eigenvalue weighted by atomic mass is 16.5. The summed E-state index contributed by atoms with van der Waals surface area (Å²) in [5.74, 6) is 0.982. The Bertz CT molecular complexity index is 320. The molecule has 0 amide bonds. The van der Waals surface area contributed by atoms with Gasteiger partial charge in [-0.2, -0.15) is 0 Å². The number of rotatable bonds is 5. The van der Waals surface area contributed by atoms with Crippen molar-refractivity contribution < 1.29 is 4.52 Å². The van der Waals surface area contributed by atoms with Crippen molar-refractivity contribution in [2.75, 3.05) is 6.54 Å². The first kappa shape index (κ1) is 10.7. The van der Waals surface area contributed by atoms with Crippen LogP contribution in [0.2, 0.25) is 0 Å². The highest BCUT2D eigenvalue weighted by Gasteiger charge is 2.41. The van der Waals surface area contributed by atoms with Gasteiger partial charge in [-0.1, -0.05) is 5.16 Å². The van der Waals surface area contributed by atoms with Crippen LogP contribution >= 0.6 is 0 Å². The van der Waals surface area contributed by atoms with Gasteiger partial charge >= 0.3 is 0 Å². The van der Waals surface area contributed by atoms with E-state index in [4.69, 9.17) is 10.3 Å². The molecule has 3 heteroatoms. The van der Waals surface area contributed by atoms with Gasteiger partial charge in [0.05, 0.1) is 5.69 Å². The minimum atomic E-state index is 0.560. The molecule has 1 aromatic rings. The predicted molar refractivity (Wildman–Crippen MR) is 59.6 cm³/mol. The van der Waals surface area contributed by atoms with Crippen LogP contribution in [0.25, 0.3) is 0 Å². The number of hydrogen-bond donors (Lipinski definition) is 1. The lowest BCUT2D eigenvalue weighted by atomic mass is 9.93. The van der Waals surface area contributed by atoms with Crippen molar-refractivity contribution in [3.8, 4) is 0 Å². The standard InChI is InChI=1S/C12H20N2O/c1-9-11(10(2)15-14-9)3-4-12(5-6-12)7-8-13/h3-8,13H2,1-2H3. The lowest BCUT2D eigenvalue weighted by molar-refractivity contribution is 0.390. The maximum absolute atomic E-state index is 5.63. The topological polar surface area (TPSA) is 52.0 Å². The summed E-state index contributed by atoms with van der Waals surface area (Å²) in [7, 11) is 0. The van der Waals surface area contributed by atoms with E-state index in [2.05, 4.69) is 5.16 Å². The highest BCUT2D eigenvalue weighted by molar-refractivity contribution is 5.21. The van der Waals surface area contributed by atoms with Crippen LogP contribution in [0.1, 0.15) is 42.7 Å². The maximum atomic E-state index is 5.63. The van der Waals surface area contributed by atoms with E-state index in [1.807, 2.05) is 13.8 Å². The van der Waals surface area contributed by atoms with Gasteiger partial charge in [-0.25, -0.2) is 0 Å². The van der Waals surface area contributed by atoms with Crippen LogP contribution in [0, 0.1) is 19.3 Å². The Labute approximate surface area is 91.0 Å². The molecule has 3 nitrogen and oxygen atoms in total. The lowest BCUT2D eigenvalue weighted by Crippen LogP contribution is -2.10. The maximum Gasteiger partial charge on any atom is 0.137 e. The molecule has 1 aromatic heterocycles. The van der Waals surface area contributed by atoms with Gasteiger partial charge in [0.15, 0.2) is 0 Å². The molecule has 0 saturated heterocycles. The van der Waals surface area contributed by atoms with Gasteiger partial charge in [0, 0.05) is 5.56 Å². The molecule has 0 atom stereocenters. The molecule has 1 aliphatic carbocycles. The first-order valence-corrected chi connectivity index (χ1v) is 5.79. The van der Waals surface area contributed by atoms with E-state index < -0.39 is 0 Å². The van der Waals surface area contributed by atoms with Crippen molar-refractivity contribution in [2.45, 2.75) is 46.0 Å². The molecule has 1 saturated carbocycles. The van der Waals surface area contributed by atoms with Gasteiger partial charge in [0.25, 0.3) is 0 Å².